The third kappa shape index (κ3) is 3.43. The minimum absolute atomic E-state index is 0.868. The van der Waals surface area contributed by atoms with Crippen molar-refractivity contribution in [1.29, 1.82) is 0 Å². The Morgan fingerprint density at radius 1 is 1.36 bits per heavy atom. The van der Waals surface area contributed by atoms with Crippen molar-refractivity contribution in [2.45, 2.75) is 32.1 Å². The van der Waals surface area contributed by atoms with Crippen molar-refractivity contribution in [2.75, 3.05) is 13.1 Å². The molecule has 1 rings (SSSR count). The van der Waals surface area contributed by atoms with Gasteiger partial charge in [-0.1, -0.05) is 12.8 Å². The van der Waals surface area contributed by atoms with Gasteiger partial charge in [0.15, 0.2) is 0 Å². The Balaban J connectivity index is 1.90. The second kappa shape index (κ2) is 5.21. The van der Waals surface area contributed by atoms with E-state index >= 15 is 0 Å². The monoisotopic (exact) mass is 151 g/mol. The lowest BCUT2D eigenvalue weighted by Crippen LogP contribution is -2.21. The van der Waals surface area contributed by atoms with Gasteiger partial charge < -0.3 is 5.32 Å². The molecule has 0 aromatic heterocycles. The highest BCUT2D eigenvalue weighted by Gasteiger charge is 2.13. The summed E-state index contributed by atoms with van der Waals surface area (Å²) < 4.78 is 0. The van der Waals surface area contributed by atoms with Gasteiger partial charge in [0.1, 0.15) is 0 Å². The Labute approximate surface area is 69.6 Å². The molecule has 0 aliphatic heterocycles. The van der Waals surface area contributed by atoms with Crippen LogP contribution in [-0.2, 0) is 0 Å². The summed E-state index contributed by atoms with van der Waals surface area (Å²) in [6.07, 6.45) is 11.7. The van der Waals surface area contributed by atoms with Gasteiger partial charge >= 0.3 is 0 Å². The van der Waals surface area contributed by atoms with E-state index in [9.17, 15) is 0 Å². The van der Waals surface area contributed by atoms with Gasteiger partial charge in [0.2, 0.25) is 0 Å². The Bertz CT molecular complexity index is 128. The van der Waals surface area contributed by atoms with E-state index < -0.39 is 0 Å². The first-order chi connectivity index (χ1) is 5.43. The predicted octanol–water partition coefficient (Wildman–Crippen LogP) is 1.79. The van der Waals surface area contributed by atoms with Crippen LogP contribution in [0, 0.1) is 18.3 Å². The molecule has 0 saturated heterocycles. The van der Waals surface area contributed by atoms with Crippen molar-refractivity contribution in [3.63, 3.8) is 0 Å². The van der Waals surface area contributed by atoms with Crippen molar-refractivity contribution < 1.29 is 0 Å². The van der Waals surface area contributed by atoms with E-state index in [0.29, 0.717) is 0 Å². The van der Waals surface area contributed by atoms with E-state index in [1.165, 1.54) is 32.2 Å². The number of terminal acetylenes is 1. The van der Waals surface area contributed by atoms with Crippen molar-refractivity contribution >= 4 is 0 Å². The standard InChI is InChI=1S/C10H17N/c1-2-3-8-11-9-10-6-4-5-7-10/h1,10-11H,3-9H2. The zero-order chi connectivity index (χ0) is 7.94. The summed E-state index contributed by atoms with van der Waals surface area (Å²) in [4.78, 5) is 0. The van der Waals surface area contributed by atoms with Crippen LogP contribution in [0.15, 0.2) is 0 Å². The molecule has 0 heterocycles. The zero-order valence-electron chi connectivity index (χ0n) is 7.10. The average molecular weight is 151 g/mol. The highest BCUT2D eigenvalue weighted by atomic mass is 14.8. The smallest absolute Gasteiger partial charge is 0.0211 e. The van der Waals surface area contributed by atoms with Crippen LogP contribution in [0.3, 0.4) is 0 Å². The first kappa shape index (κ1) is 8.62. The molecule has 0 bridgehead atoms. The summed E-state index contributed by atoms with van der Waals surface area (Å²) in [5.74, 6) is 3.57. The maximum Gasteiger partial charge on any atom is 0.0211 e. The van der Waals surface area contributed by atoms with E-state index in [-0.39, 0.29) is 0 Å². The fourth-order valence-corrected chi connectivity index (χ4v) is 1.68. The maximum atomic E-state index is 5.13. The van der Waals surface area contributed by atoms with E-state index in [2.05, 4.69) is 11.2 Å². The van der Waals surface area contributed by atoms with Crippen LogP contribution in [0.25, 0.3) is 0 Å². The second-order valence-electron chi connectivity index (χ2n) is 3.31. The average Bonchev–Trinajstić information content (AvgIpc) is 2.50. The van der Waals surface area contributed by atoms with E-state index in [0.717, 1.165) is 18.9 Å². The van der Waals surface area contributed by atoms with Gasteiger partial charge in [-0.15, -0.1) is 12.3 Å². The summed E-state index contributed by atoms with van der Waals surface area (Å²) in [7, 11) is 0. The van der Waals surface area contributed by atoms with Crippen LogP contribution in [0.4, 0.5) is 0 Å². The molecule has 1 aliphatic carbocycles. The van der Waals surface area contributed by atoms with Gasteiger partial charge in [0.25, 0.3) is 0 Å². The first-order valence-corrected chi connectivity index (χ1v) is 4.57. The van der Waals surface area contributed by atoms with E-state index in [1.54, 1.807) is 0 Å². The van der Waals surface area contributed by atoms with Crippen LogP contribution >= 0.6 is 0 Å². The molecular weight excluding hydrogens is 134 g/mol. The molecule has 1 aliphatic rings. The fourth-order valence-electron chi connectivity index (χ4n) is 1.68. The van der Waals surface area contributed by atoms with Gasteiger partial charge in [-0.05, 0) is 25.3 Å². The molecule has 0 aromatic carbocycles. The lowest BCUT2D eigenvalue weighted by Gasteiger charge is -2.08. The Kier molecular flexibility index (Phi) is 4.08. The summed E-state index contributed by atoms with van der Waals surface area (Å²) in [6.45, 7) is 2.18. The van der Waals surface area contributed by atoms with Crippen LogP contribution in [0.1, 0.15) is 32.1 Å². The molecule has 0 aromatic rings. The molecule has 11 heavy (non-hydrogen) atoms. The molecule has 1 fully saturated rings. The topological polar surface area (TPSA) is 12.0 Å². The lowest BCUT2D eigenvalue weighted by molar-refractivity contribution is 0.494. The normalized spacial score (nSPS) is 18.5. The highest BCUT2D eigenvalue weighted by Crippen LogP contribution is 2.23. The van der Waals surface area contributed by atoms with Gasteiger partial charge in [-0.2, -0.15) is 0 Å². The molecule has 62 valence electrons. The predicted molar refractivity (Wildman–Crippen MR) is 48.3 cm³/mol. The van der Waals surface area contributed by atoms with E-state index in [4.69, 9.17) is 6.42 Å². The number of rotatable bonds is 4. The zero-order valence-corrected chi connectivity index (χ0v) is 7.10. The molecule has 1 nitrogen and oxygen atoms in total. The molecule has 1 heteroatoms. The number of nitrogens with one attached hydrogen (secondary N) is 1. The Morgan fingerprint density at radius 2 is 2.09 bits per heavy atom. The maximum absolute atomic E-state index is 5.13. The first-order valence-electron chi connectivity index (χ1n) is 4.57. The lowest BCUT2D eigenvalue weighted by atomic mass is 10.1. The summed E-state index contributed by atoms with van der Waals surface area (Å²) in [5, 5.41) is 3.39. The van der Waals surface area contributed by atoms with Crippen molar-refractivity contribution in [3.05, 3.63) is 0 Å². The SMILES string of the molecule is C#CCCNCC1CCCC1. The summed E-state index contributed by atoms with van der Waals surface area (Å²) >= 11 is 0. The van der Waals surface area contributed by atoms with Gasteiger partial charge in [-0.3, -0.25) is 0 Å². The largest absolute Gasteiger partial charge is 0.316 e. The third-order valence-corrected chi connectivity index (χ3v) is 2.35. The molecule has 1 N–H and O–H groups in total. The molecular formula is C10H17N. The highest BCUT2D eigenvalue weighted by molar-refractivity contribution is 4.84. The quantitative estimate of drug-likeness (QED) is 0.477. The number of hydrogen-bond donors (Lipinski definition) is 1. The van der Waals surface area contributed by atoms with Crippen molar-refractivity contribution in [3.8, 4) is 12.3 Å². The Morgan fingerprint density at radius 3 is 2.73 bits per heavy atom. The summed E-state index contributed by atoms with van der Waals surface area (Å²) in [6, 6.07) is 0. The minimum atomic E-state index is 0.868. The van der Waals surface area contributed by atoms with Gasteiger partial charge in [0.05, 0.1) is 0 Å². The second-order valence-corrected chi connectivity index (χ2v) is 3.31. The van der Waals surface area contributed by atoms with Crippen LogP contribution in [-0.4, -0.2) is 13.1 Å². The molecule has 0 amide bonds. The fraction of sp³-hybridized carbons (Fsp3) is 0.800. The Hall–Kier alpha value is -0.480. The van der Waals surface area contributed by atoms with Crippen molar-refractivity contribution in [1.82, 2.24) is 5.32 Å². The molecule has 1 saturated carbocycles. The molecule has 0 radical (unpaired) electrons. The van der Waals surface area contributed by atoms with Crippen molar-refractivity contribution in [2.24, 2.45) is 5.92 Å². The van der Waals surface area contributed by atoms with Crippen LogP contribution in [0.5, 0.6) is 0 Å². The van der Waals surface area contributed by atoms with Gasteiger partial charge in [0, 0.05) is 13.0 Å². The van der Waals surface area contributed by atoms with E-state index in [1.807, 2.05) is 0 Å². The third-order valence-electron chi connectivity index (χ3n) is 2.35. The van der Waals surface area contributed by atoms with Crippen LogP contribution < -0.4 is 5.32 Å². The molecule has 0 spiro atoms. The number of hydrogen-bond acceptors (Lipinski definition) is 1. The molecule has 0 unspecified atom stereocenters. The van der Waals surface area contributed by atoms with Gasteiger partial charge in [-0.25, -0.2) is 0 Å². The molecule has 0 atom stereocenters. The minimum Gasteiger partial charge on any atom is -0.316 e. The van der Waals surface area contributed by atoms with Crippen LogP contribution in [0.2, 0.25) is 0 Å². The summed E-state index contributed by atoms with van der Waals surface area (Å²) in [5.41, 5.74) is 0.